The van der Waals surface area contributed by atoms with Gasteiger partial charge in [0.2, 0.25) is 5.91 Å². The van der Waals surface area contributed by atoms with Gasteiger partial charge in [0.05, 0.1) is 25.2 Å². The lowest BCUT2D eigenvalue weighted by molar-refractivity contribution is -0.122. The van der Waals surface area contributed by atoms with E-state index in [1.54, 1.807) is 7.11 Å². The van der Waals surface area contributed by atoms with E-state index in [2.05, 4.69) is 5.32 Å². The number of amides is 1. The SMILES string of the molecule is COc1cccc(CN(C)CC(=O)N[C@H]2CCS(=O)(=O)C2)c1. The monoisotopic (exact) mass is 326 g/mol. The molecule has 1 atom stereocenters. The number of nitrogens with one attached hydrogen (secondary N) is 1. The highest BCUT2D eigenvalue weighted by atomic mass is 32.2. The Labute approximate surface area is 131 Å². The number of ether oxygens (including phenoxy) is 1. The molecule has 0 radical (unpaired) electrons. The van der Waals surface area contributed by atoms with E-state index in [9.17, 15) is 13.2 Å². The molecule has 0 bridgehead atoms. The quantitative estimate of drug-likeness (QED) is 0.820. The number of rotatable bonds is 6. The number of sulfone groups is 1. The first kappa shape index (κ1) is 16.8. The van der Waals surface area contributed by atoms with Crippen LogP contribution in [-0.2, 0) is 21.2 Å². The first-order valence-electron chi connectivity index (χ1n) is 7.19. The Balaban J connectivity index is 1.81. The van der Waals surface area contributed by atoms with E-state index in [1.165, 1.54) is 0 Å². The third-order valence-electron chi connectivity index (χ3n) is 3.60. The number of nitrogens with zero attached hydrogens (tertiary/aromatic N) is 1. The topological polar surface area (TPSA) is 75.7 Å². The zero-order valence-corrected chi connectivity index (χ0v) is 13.7. The molecule has 2 rings (SSSR count). The molecule has 1 aliphatic heterocycles. The minimum atomic E-state index is -2.97. The molecule has 0 aromatic heterocycles. The summed E-state index contributed by atoms with van der Waals surface area (Å²) in [5, 5.41) is 2.79. The summed E-state index contributed by atoms with van der Waals surface area (Å²) in [7, 11) is 0.501. The molecule has 1 aromatic rings. The van der Waals surface area contributed by atoms with Crippen LogP contribution in [0.15, 0.2) is 24.3 Å². The predicted molar refractivity (Wildman–Crippen MR) is 84.5 cm³/mol. The minimum absolute atomic E-state index is 0.0539. The molecular weight excluding hydrogens is 304 g/mol. The molecule has 1 N–H and O–H groups in total. The van der Waals surface area contributed by atoms with Crippen molar-refractivity contribution in [2.45, 2.75) is 19.0 Å². The van der Waals surface area contributed by atoms with E-state index in [-0.39, 0.29) is 30.0 Å². The van der Waals surface area contributed by atoms with Gasteiger partial charge in [0.1, 0.15) is 5.75 Å². The summed E-state index contributed by atoms with van der Waals surface area (Å²) in [6.45, 7) is 0.849. The van der Waals surface area contributed by atoms with Crippen LogP contribution in [0.1, 0.15) is 12.0 Å². The molecule has 1 amide bonds. The van der Waals surface area contributed by atoms with Crippen molar-refractivity contribution in [2.24, 2.45) is 0 Å². The third-order valence-corrected chi connectivity index (χ3v) is 5.37. The molecule has 0 unspecified atom stereocenters. The fourth-order valence-corrected chi connectivity index (χ4v) is 4.24. The van der Waals surface area contributed by atoms with Gasteiger partial charge in [0.15, 0.2) is 9.84 Å². The van der Waals surface area contributed by atoms with Gasteiger partial charge < -0.3 is 10.1 Å². The highest BCUT2D eigenvalue weighted by molar-refractivity contribution is 7.91. The van der Waals surface area contributed by atoms with Crippen molar-refractivity contribution in [3.05, 3.63) is 29.8 Å². The van der Waals surface area contributed by atoms with E-state index in [1.807, 2.05) is 36.2 Å². The van der Waals surface area contributed by atoms with Crippen LogP contribution >= 0.6 is 0 Å². The number of hydrogen-bond acceptors (Lipinski definition) is 5. The fraction of sp³-hybridized carbons (Fsp3) is 0.533. The molecule has 0 aliphatic carbocycles. The molecule has 22 heavy (non-hydrogen) atoms. The van der Waals surface area contributed by atoms with Crippen LogP contribution in [0.5, 0.6) is 5.75 Å². The van der Waals surface area contributed by atoms with Crippen LogP contribution in [0.3, 0.4) is 0 Å². The van der Waals surface area contributed by atoms with Crippen LogP contribution in [0.2, 0.25) is 0 Å². The zero-order chi connectivity index (χ0) is 16.2. The van der Waals surface area contributed by atoms with Gasteiger partial charge in [-0.2, -0.15) is 0 Å². The van der Waals surface area contributed by atoms with Gasteiger partial charge >= 0.3 is 0 Å². The lowest BCUT2D eigenvalue weighted by atomic mass is 10.2. The Bertz CT molecular complexity index is 630. The molecule has 7 heteroatoms. The largest absolute Gasteiger partial charge is 0.497 e. The second-order valence-electron chi connectivity index (χ2n) is 5.69. The van der Waals surface area contributed by atoms with Crippen LogP contribution in [0.4, 0.5) is 0 Å². The normalized spacial score (nSPS) is 20.0. The number of carbonyl (C=O) groups is 1. The van der Waals surface area contributed by atoms with Gasteiger partial charge in [-0.1, -0.05) is 12.1 Å². The van der Waals surface area contributed by atoms with Crippen LogP contribution in [-0.4, -0.2) is 57.5 Å². The Morgan fingerprint density at radius 3 is 2.86 bits per heavy atom. The highest BCUT2D eigenvalue weighted by Crippen LogP contribution is 2.14. The van der Waals surface area contributed by atoms with E-state index < -0.39 is 9.84 Å². The summed E-state index contributed by atoms with van der Waals surface area (Å²) in [6, 6.07) is 7.43. The molecule has 122 valence electrons. The summed E-state index contributed by atoms with van der Waals surface area (Å²) in [4.78, 5) is 13.8. The van der Waals surface area contributed by atoms with Crippen LogP contribution in [0, 0.1) is 0 Å². The predicted octanol–water partition coefficient (Wildman–Crippen LogP) is 0.430. The number of likely N-dealkylation sites (N-methyl/N-ethyl adjacent to an activating group) is 1. The van der Waals surface area contributed by atoms with Crippen molar-refractivity contribution in [3.8, 4) is 5.75 Å². The number of carbonyl (C=O) groups excluding carboxylic acids is 1. The van der Waals surface area contributed by atoms with Crippen molar-refractivity contribution >= 4 is 15.7 Å². The zero-order valence-electron chi connectivity index (χ0n) is 12.9. The Morgan fingerprint density at radius 1 is 1.45 bits per heavy atom. The lowest BCUT2D eigenvalue weighted by Gasteiger charge is -2.18. The number of benzene rings is 1. The van der Waals surface area contributed by atoms with Crippen molar-refractivity contribution in [1.29, 1.82) is 0 Å². The fourth-order valence-electron chi connectivity index (χ4n) is 2.57. The summed E-state index contributed by atoms with van der Waals surface area (Å²) in [5.41, 5.74) is 1.05. The van der Waals surface area contributed by atoms with Crippen molar-refractivity contribution in [1.82, 2.24) is 10.2 Å². The highest BCUT2D eigenvalue weighted by Gasteiger charge is 2.28. The maximum Gasteiger partial charge on any atom is 0.234 e. The average Bonchev–Trinajstić information content (AvgIpc) is 2.77. The summed E-state index contributed by atoms with van der Waals surface area (Å²) >= 11 is 0. The third kappa shape index (κ3) is 4.99. The van der Waals surface area contributed by atoms with Crippen LogP contribution in [0.25, 0.3) is 0 Å². The molecule has 1 saturated heterocycles. The average molecular weight is 326 g/mol. The molecule has 0 saturated carbocycles. The van der Waals surface area contributed by atoms with E-state index >= 15 is 0 Å². The van der Waals surface area contributed by atoms with Gasteiger partial charge in [-0.3, -0.25) is 9.69 Å². The van der Waals surface area contributed by atoms with Gasteiger partial charge in [-0.25, -0.2) is 8.42 Å². The summed E-state index contributed by atoms with van der Waals surface area (Å²) < 4.78 is 27.9. The van der Waals surface area contributed by atoms with Crippen LogP contribution < -0.4 is 10.1 Å². The van der Waals surface area contributed by atoms with Gasteiger partial charge in [0, 0.05) is 12.6 Å². The molecule has 1 heterocycles. The lowest BCUT2D eigenvalue weighted by Crippen LogP contribution is -2.41. The molecule has 6 nitrogen and oxygen atoms in total. The standard InChI is InChI=1S/C15H22N2O4S/c1-17(9-12-4-3-5-14(8-12)21-2)10-15(18)16-13-6-7-22(19,20)11-13/h3-5,8,13H,6-7,9-11H2,1-2H3,(H,16,18)/t13-/m0/s1. The molecule has 1 aromatic carbocycles. The molecule has 1 aliphatic rings. The smallest absolute Gasteiger partial charge is 0.234 e. The molecule has 0 spiro atoms. The maximum absolute atomic E-state index is 12.0. The molecule has 1 fully saturated rings. The Hall–Kier alpha value is -1.60. The first-order chi connectivity index (χ1) is 10.4. The van der Waals surface area contributed by atoms with Gasteiger partial charge in [-0.05, 0) is 31.2 Å². The number of methoxy groups -OCH3 is 1. The molecular formula is C15H22N2O4S. The number of hydrogen-bond donors (Lipinski definition) is 1. The van der Waals surface area contributed by atoms with Crippen molar-refractivity contribution in [3.63, 3.8) is 0 Å². The summed E-state index contributed by atoms with van der Waals surface area (Å²) in [5.74, 6) is 0.856. The minimum Gasteiger partial charge on any atom is -0.497 e. The summed E-state index contributed by atoms with van der Waals surface area (Å²) in [6.07, 6.45) is 0.508. The first-order valence-corrected chi connectivity index (χ1v) is 9.01. The van der Waals surface area contributed by atoms with Crippen molar-refractivity contribution < 1.29 is 17.9 Å². The maximum atomic E-state index is 12.0. The second-order valence-corrected chi connectivity index (χ2v) is 7.92. The van der Waals surface area contributed by atoms with E-state index in [0.717, 1.165) is 11.3 Å². The van der Waals surface area contributed by atoms with E-state index in [0.29, 0.717) is 13.0 Å². The Morgan fingerprint density at radius 2 is 2.23 bits per heavy atom. The van der Waals surface area contributed by atoms with Crippen molar-refractivity contribution in [2.75, 3.05) is 32.2 Å². The van der Waals surface area contributed by atoms with Gasteiger partial charge in [0.25, 0.3) is 0 Å². The van der Waals surface area contributed by atoms with Gasteiger partial charge in [-0.15, -0.1) is 0 Å². The van der Waals surface area contributed by atoms with E-state index in [4.69, 9.17) is 4.74 Å². The second kappa shape index (κ2) is 7.11. The Kier molecular flexibility index (Phi) is 5.42.